The Hall–Kier alpha value is -2.50. The van der Waals surface area contributed by atoms with Gasteiger partial charge in [-0.25, -0.2) is 14.6 Å². The number of carbonyl (C=O) groups excluding carboxylic acids is 2. The lowest BCUT2D eigenvalue weighted by Crippen LogP contribution is -2.47. The summed E-state index contributed by atoms with van der Waals surface area (Å²) in [5.74, 6) is -0.562. The molecule has 0 bridgehead atoms. The first kappa shape index (κ1) is 23.2. The van der Waals surface area contributed by atoms with Gasteiger partial charge < -0.3 is 15.4 Å². The number of nitrogens with zero attached hydrogens (tertiary/aromatic N) is 4. The van der Waals surface area contributed by atoms with Crippen LogP contribution in [0.3, 0.4) is 0 Å². The highest BCUT2D eigenvalue weighted by atomic mass is 19.1. The van der Waals surface area contributed by atoms with Gasteiger partial charge in [-0.2, -0.15) is 0 Å². The minimum absolute atomic E-state index is 0.110. The maximum absolute atomic E-state index is 14.9. The molecule has 2 heterocycles. The van der Waals surface area contributed by atoms with Crippen LogP contribution in [0.2, 0.25) is 0 Å². The lowest BCUT2D eigenvalue weighted by molar-refractivity contribution is -0.134. The van der Waals surface area contributed by atoms with E-state index >= 15 is 0 Å². The molecule has 0 spiro atoms. The molecule has 0 aliphatic carbocycles. The van der Waals surface area contributed by atoms with Crippen LogP contribution >= 0.6 is 0 Å². The third-order valence-corrected chi connectivity index (χ3v) is 5.38. The number of halogens is 2. The molecule has 11 heteroatoms. The van der Waals surface area contributed by atoms with Crippen molar-refractivity contribution in [2.75, 3.05) is 75.9 Å². The van der Waals surface area contributed by atoms with Gasteiger partial charge in [-0.05, 0) is 31.7 Å². The van der Waals surface area contributed by atoms with Crippen LogP contribution in [0.25, 0.3) is 0 Å². The van der Waals surface area contributed by atoms with Crippen molar-refractivity contribution in [3.63, 3.8) is 0 Å². The number of amides is 2. The molecule has 0 unspecified atom stereocenters. The maximum Gasteiger partial charge on any atom is 0.414 e. The summed E-state index contributed by atoms with van der Waals surface area (Å²) in [6.07, 6.45) is -0.541. The number of hydrazine groups is 1. The highest BCUT2D eigenvalue weighted by Gasteiger charge is 2.32. The Morgan fingerprint density at radius 2 is 2.16 bits per heavy atom. The molecule has 2 saturated heterocycles. The fourth-order valence-electron chi connectivity index (χ4n) is 3.69. The predicted molar refractivity (Wildman–Crippen MR) is 113 cm³/mol. The standard InChI is InChI=1S/C20H30F2N6O3/c1-25(7-2-5-21)14-19(29)28-10-9-26(8-6-24-28)18-4-3-15(11-17(18)22)27-13-16(12-23)31-20(27)30/h3-4,11,16,24H,2,5-10,12-14,23H2,1H3/t16-/m0/s1. The van der Waals surface area contributed by atoms with Gasteiger partial charge in [0.15, 0.2) is 0 Å². The number of cyclic esters (lactones) is 1. The molecular formula is C20H30F2N6O3. The van der Waals surface area contributed by atoms with E-state index in [9.17, 15) is 18.4 Å². The van der Waals surface area contributed by atoms with E-state index in [1.54, 1.807) is 24.1 Å². The van der Waals surface area contributed by atoms with E-state index in [-0.39, 0.29) is 19.0 Å². The molecule has 2 fully saturated rings. The number of rotatable bonds is 8. The maximum atomic E-state index is 14.9. The van der Waals surface area contributed by atoms with Gasteiger partial charge in [0.1, 0.15) is 11.9 Å². The van der Waals surface area contributed by atoms with E-state index in [0.29, 0.717) is 57.1 Å². The van der Waals surface area contributed by atoms with Gasteiger partial charge in [0.2, 0.25) is 0 Å². The monoisotopic (exact) mass is 440 g/mol. The number of alkyl halides is 1. The molecule has 0 aromatic heterocycles. The number of carbonyl (C=O) groups is 2. The van der Waals surface area contributed by atoms with E-state index in [2.05, 4.69) is 5.43 Å². The number of anilines is 2. The molecule has 1 aromatic rings. The summed E-state index contributed by atoms with van der Waals surface area (Å²) in [5.41, 5.74) is 9.44. The lowest BCUT2D eigenvalue weighted by Gasteiger charge is -2.25. The molecular weight excluding hydrogens is 410 g/mol. The predicted octanol–water partition coefficient (Wildman–Crippen LogP) is 0.554. The van der Waals surface area contributed by atoms with E-state index in [1.807, 2.05) is 4.90 Å². The first-order valence-corrected chi connectivity index (χ1v) is 10.4. The molecule has 9 nitrogen and oxygen atoms in total. The summed E-state index contributed by atoms with van der Waals surface area (Å²) in [7, 11) is 1.78. The molecule has 2 aliphatic heterocycles. The third kappa shape index (κ3) is 5.81. The minimum Gasteiger partial charge on any atom is -0.443 e. The Morgan fingerprint density at radius 1 is 1.35 bits per heavy atom. The quantitative estimate of drug-likeness (QED) is 0.610. The Labute approximate surface area is 180 Å². The van der Waals surface area contributed by atoms with Crippen LogP contribution in [0.5, 0.6) is 0 Å². The highest BCUT2D eigenvalue weighted by molar-refractivity contribution is 5.90. The van der Waals surface area contributed by atoms with Crippen LogP contribution < -0.4 is 21.0 Å². The molecule has 3 rings (SSSR count). The fraction of sp³-hybridized carbons (Fsp3) is 0.600. The summed E-state index contributed by atoms with van der Waals surface area (Å²) >= 11 is 0. The summed E-state index contributed by atoms with van der Waals surface area (Å²) in [4.78, 5) is 29.5. The Kier molecular flexibility index (Phi) is 7.99. The normalized spacial score (nSPS) is 19.7. The number of hydrogen-bond acceptors (Lipinski definition) is 7. The molecule has 0 saturated carbocycles. The van der Waals surface area contributed by atoms with Gasteiger partial charge in [0.05, 0.1) is 37.7 Å². The van der Waals surface area contributed by atoms with E-state index in [0.717, 1.165) is 0 Å². The van der Waals surface area contributed by atoms with Crippen molar-refractivity contribution in [3.05, 3.63) is 24.0 Å². The Balaban J connectivity index is 1.60. The third-order valence-electron chi connectivity index (χ3n) is 5.38. The van der Waals surface area contributed by atoms with Crippen molar-refractivity contribution in [2.45, 2.75) is 12.5 Å². The summed E-state index contributed by atoms with van der Waals surface area (Å²) in [5, 5.41) is 1.53. The van der Waals surface area contributed by atoms with Crippen molar-refractivity contribution in [3.8, 4) is 0 Å². The second-order valence-corrected chi connectivity index (χ2v) is 7.71. The number of nitrogens with one attached hydrogen (secondary N) is 1. The van der Waals surface area contributed by atoms with Crippen LogP contribution in [0.1, 0.15) is 6.42 Å². The van der Waals surface area contributed by atoms with Crippen LogP contribution in [0, 0.1) is 5.82 Å². The number of nitrogens with two attached hydrogens (primary N) is 1. The number of likely N-dealkylation sites (N-methyl/N-ethyl adjacent to an activating group) is 1. The van der Waals surface area contributed by atoms with E-state index < -0.39 is 24.7 Å². The zero-order valence-electron chi connectivity index (χ0n) is 17.7. The lowest BCUT2D eigenvalue weighted by atomic mass is 10.2. The van der Waals surface area contributed by atoms with Gasteiger partial charge in [-0.3, -0.25) is 24.0 Å². The SMILES string of the molecule is CN(CCCF)CC(=O)N1CCN(c2ccc(N3C[C@H](CN)OC3=O)cc2F)CCN1. The van der Waals surface area contributed by atoms with Gasteiger partial charge >= 0.3 is 6.09 Å². The number of ether oxygens (including phenoxy) is 1. The molecule has 172 valence electrons. The van der Waals surface area contributed by atoms with Crippen LogP contribution in [0.15, 0.2) is 18.2 Å². The van der Waals surface area contributed by atoms with Crippen LogP contribution in [0.4, 0.5) is 25.0 Å². The zero-order valence-corrected chi connectivity index (χ0v) is 17.7. The molecule has 1 aromatic carbocycles. The van der Waals surface area contributed by atoms with E-state index in [4.69, 9.17) is 10.5 Å². The molecule has 2 aliphatic rings. The van der Waals surface area contributed by atoms with Crippen molar-refractivity contribution < 1.29 is 23.1 Å². The van der Waals surface area contributed by atoms with Gasteiger partial charge in [-0.1, -0.05) is 0 Å². The smallest absolute Gasteiger partial charge is 0.414 e. The van der Waals surface area contributed by atoms with Crippen LogP contribution in [-0.2, 0) is 9.53 Å². The Bertz CT molecular complexity index is 783. The fourth-order valence-corrected chi connectivity index (χ4v) is 3.69. The molecule has 2 amide bonds. The summed E-state index contributed by atoms with van der Waals surface area (Å²) in [6.45, 7) is 2.60. The Morgan fingerprint density at radius 3 is 2.84 bits per heavy atom. The molecule has 31 heavy (non-hydrogen) atoms. The highest BCUT2D eigenvalue weighted by Crippen LogP contribution is 2.28. The first-order chi connectivity index (χ1) is 14.9. The van der Waals surface area contributed by atoms with Gasteiger partial charge in [-0.15, -0.1) is 0 Å². The summed E-state index contributed by atoms with van der Waals surface area (Å²) in [6, 6.07) is 4.63. The average Bonchev–Trinajstić information content (AvgIpc) is 2.96. The number of hydrogen-bond donors (Lipinski definition) is 2. The summed E-state index contributed by atoms with van der Waals surface area (Å²) < 4.78 is 32.3. The second kappa shape index (κ2) is 10.7. The second-order valence-electron chi connectivity index (χ2n) is 7.71. The van der Waals surface area contributed by atoms with Crippen molar-refractivity contribution in [1.29, 1.82) is 0 Å². The first-order valence-electron chi connectivity index (χ1n) is 10.4. The minimum atomic E-state index is -0.535. The van der Waals surface area contributed by atoms with Gasteiger partial charge in [0.25, 0.3) is 5.91 Å². The van der Waals surface area contributed by atoms with Crippen molar-refractivity contribution >= 4 is 23.4 Å². The average molecular weight is 440 g/mol. The molecule has 3 N–H and O–H groups in total. The number of benzene rings is 1. The van der Waals surface area contributed by atoms with Crippen LogP contribution in [-0.4, -0.2) is 94.1 Å². The molecule has 1 atom stereocenters. The van der Waals surface area contributed by atoms with Gasteiger partial charge in [0, 0.05) is 32.7 Å². The van der Waals surface area contributed by atoms with E-state index in [1.165, 1.54) is 16.0 Å². The largest absolute Gasteiger partial charge is 0.443 e. The topological polar surface area (TPSA) is 94.4 Å². The molecule has 0 radical (unpaired) electrons. The zero-order chi connectivity index (χ0) is 22.4. The van der Waals surface area contributed by atoms with Crippen molar-refractivity contribution in [1.82, 2.24) is 15.3 Å². The van der Waals surface area contributed by atoms with Crippen molar-refractivity contribution in [2.24, 2.45) is 5.73 Å².